The summed E-state index contributed by atoms with van der Waals surface area (Å²) in [4.78, 5) is 0. The van der Waals surface area contributed by atoms with E-state index in [9.17, 15) is 0 Å². The van der Waals surface area contributed by atoms with E-state index in [0.29, 0.717) is 0 Å². The highest BCUT2D eigenvalue weighted by molar-refractivity contribution is 8.01. The van der Waals surface area contributed by atoms with Gasteiger partial charge in [0.1, 0.15) is 28.5 Å². The summed E-state index contributed by atoms with van der Waals surface area (Å²) < 4.78 is 0. The van der Waals surface area contributed by atoms with Gasteiger partial charge in [-0.1, -0.05) is 86.5 Å². The minimum atomic E-state index is -2.02. The fraction of sp³-hybridized carbons (Fsp3) is 0.200. The van der Waals surface area contributed by atoms with Crippen molar-refractivity contribution in [3.63, 3.8) is 0 Å². The van der Waals surface area contributed by atoms with Crippen LogP contribution in [-0.4, -0.2) is 0 Å². The zero-order chi connectivity index (χ0) is 21.5. The Morgan fingerprint density at radius 2 is 1.03 bits per heavy atom. The van der Waals surface area contributed by atoms with Crippen molar-refractivity contribution < 1.29 is 0 Å². The highest BCUT2D eigenvalue weighted by Crippen LogP contribution is 2.55. The van der Waals surface area contributed by atoms with Crippen LogP contribution in [0.5, 0.6) is 0 Å². The Morgan fingerprint density at radius 1 is 0.548 bits per heavy atom. The van der Waals surface area contributed by atoms with E-state index in [1.54, 1.807) is 5.56 Å². The molecule has 0 aliphatic heterocycles. The summed E-state index contributed by atoms with van der Waals surface area (Å²) in [7, 11) is -2.02. The second-order valence-corrected chi connectivity index (χ2v) is 11.6. The zero-order valence-corrected chi connectivity index (χ0v) is 19.6. The van der Waals surface area contributed by atoms with Crippen LogP contribution in [0.4, 0.5) is 0 Å². The number of hydrogen-bond donors (Lipinski definition) is 0. The molecule has 0 bridgehead atoms. The Morgan fingerprint density at radius 3 is 1.48 bits per heavy atom. The molecular formula is C30H32P+. The van der Waals surface area contributed by atoms with Gasteiger partial charge in [0.15, 0.2) is 0 Å². The molecule has 0 saturated heterocycles. The zero-order valence-electron chi connectivity index (χ0n) is 18.7. The highest BCUT2D eigenvalue weighted by atomic mass is 31.2. The summed E-state index contributed by atoms with van der Waals surface area (Å²) >= 11 is 0. The Hall–Kier alpha value is -2.69. The van der Waals surface area contributed by atoms with E-state index in [0.717, 1.165) is 6.42 Å². The van der Waals surface area contributed by atoms with Crippen LogP contribution in [-0.2, 0) is 6.42 Å². The maximum Gasteiger partial charge on any atom is 0.144 e. The molecule has 0 N–H and O–H groups in total. The van der Waals surface area contributed by atoms with Crippen molar-refractivity contribution in [2.45, 2.75) is 39.5 Å². The van der Waals surface area contributed by atoms with Gasteiger partial charge < -0.3 is 0 Å². The van der Waals surface area contributed by atoms with Gasteiger partial charge in [0.25, 0.3) is 0 Å². The second-order valence-electron chi connectivity index (χ2n) is 8.21. The fourth-order valence-electron chi connectivity index (χ4n) is 4.70. The van der Waals surface area contributed by atoms with Crippen LogP contribution < -0.4 is 21.2 Å². The van der Waals surface area contributed by atoms with E-state index >= 15 is 0 Å². The first-order chi connectivity index (χ1) is 15.3. The number of unbranched alkanes of at least 4 members (excludes halogenated alkanes) is 2. The first-order valence-electron chi connectivity index (χ1n) is 11.4. The topological polar surface area (TPSA) is 0 Å². The third-order valence-corrected chi connectivity index (χ3v) is 10.6. The molecule has 4 rings (SSSR count). The van der Waals surface area contributed by atoms with Crippen LogP contribution in [0.1, 0.15) is 37.3 Å². The average molecular weight is 424 g/mol. The molecule has 1 heteroatoms. The van der Waals surface area contributed by atoms with E-state index in [1.165, 1.54) is 46.0 Å². The third-order valence-electron chi connectivity index (χ3n) is 6.21. The summed E-state index contributed by atoms with van der Waals surface area (Å²) in [6.45, 7) is 4.58. The predicted molar refractivity (Wildman–Crippen MR) is 139 cm³/mol. The smallest absolute Gasteiger partial charge is 0.0654 e. The number of aryl methyl sites for hydroxylation is 1. The molecule has 0 unspecified atom stereocenters. The highest BCUT2D eigenvalue weighted by Gasteiger charge is 2.49. The Kier molecular flexibility index (Phi) is 7.00. The lowest BCUT2D eigenvalue weighted by atomic mass is 10.0. The summed E-state index contributed by atoms with van der Waals surface area (Å²) in [6.07, 6.45) is 4.91. The molecule has 0 atom stereocenters. The minimum Gasteiger partial charge on any atom is -0.0654 e. The molecule has 0 aliphatic carbocycles. The normalized spacial score (nSPS) is 11.4. The van der Waals surface area contributed by atoms with Gasteiger partial charge >= 0.3 is 0 Å². The van der Waals surface area contributed by atoms with E-state index in [2.05, 4.69) is 123 Å². The summed E-state index contributed by atoms with van der Waals surface area (Å²) in [5.74, 6) is 0. The van der Waals surface area contributed by atoms with Crippen molar-refractivity contribution in [1.29, 1.82) is 0 Å². The fourth-order valence-corrected chi connectivity index (χ4v) is 9.29. The van der Waals surface area contributed by atoms with Crippen LogP contribution >= 0.6 is 7.26 Å². The van der Waals surface area contributed by atoms with Crippen LogP contribution in [0.2, 0.25) is 0 Å². The average Bonchev–Trinajstić information content (AvgIpc) is 2.83. The standard InChI is InChI=1S/C30H32P/c1-3-4-8-23-29-25(2)16-15-24-30(29)31(26-17-9-5-10-18-26,27-19-11-6-12-20-27)28-21-13-7-14-22-28/h5-7,9-22,24H,3-4,8,23H2,1-2H3/q+1. The molecule has 156 valence electrons. The Balaban J connectivity index is 2.09. The van der Waals surface area contributed by atoms with Gasteiger partial charge in [-0.25, -0.2) is 0 Å². The van der Waals surface area contributed by atoms with Gasteiger partial charge in [-0.2, -0.15) is 0 Å². The molecule has 4 aromatic carbocycles. The van der Waals surface area contributed by atoms with Gasteiger partial charge in [0.05, 0.1) is 0 Å². The van der Waals surface area contributed by atoms with Gasteiger partial charge in [-0.3, -0.25) is 0 Å². The molecule has 31 heavy (non-hydrogen) atoms. The molecule has 0 fully saturated rings. The lowest BCUT2D eigenvalue weighted by Crippen LogP contribution is -2.40. The first-order valence-corrected chi connectivity index (χ1v) is 13.2. The van der Waals surface area contributed by atoms with Crippen LogP contribution in [0, 0.1) is 6.92 Å². The number of benzene rings is 4. The monoisotopic (exact) mass is 423 g/mol. The van der Waals surface area contributed by atoms with Gasteiger partial charge in [0, 0.05) is 0 Å². The van der Waals surface area contributed by atoms with E-state index in [-0.39, 0.29) is 0 Å². The molecule has 0 nitrogen and oxygen atoms in total. The number of hydrogen-bond acceptors (Lipinski definition) is 0. The van der Waals surface area contributed by atoms with Crippen LogP contribution in [0.25, 0.3) is 0 Å². The molecule has 0 heterocycles. The van der Waals surface area contributed by atoms with Crippen molar-refractivity contribution in [3.05, 3.63) is 120 Å². The van der Waals surface area contributed by atoms with E-state index in [1.807, 2.05) is 0 Å². The first kappa shape index (κ1) is 21.5. The van der Waals surface area contributed by atoms with E-state index in [4.69, 9.17) is 0 Å². The second kappa shape index (κ2) is 10.1. The molecule has 0 radical (unpaired) electrons. The molecule has 0 amide bonds. The Labute approximate surface area is 188 Å². The van der Waals surface area contributed by atoms with Gasteiger partial charge in [-0.05, 0) is 73.4 Å². The van der Waals surface area contributed by atoms with Crippen molar-refractivity contribution >= 4 is 28.5 Å². The van der Waals surface area contributed by atoms with E-state index < -0.39 is 7.26 Å². The van der Waals surface area contributed by atoms with Crippen molar-refractivity contribution in [2.75, 3.05) is 0 Å². The summed E-state index contributed by atoms with van der Waals surface area (Å²) in [5.41, 5.74) is 2.96. The third kappa shape index (κ3) is 4.23. The number of rotatable bonds is 8. The lowest BCUT2D eigenvalue weighted by Gasteiger charge is -2.30. The van der Waals surface area contributed by atoms with Crippen LogP contribution in [0.15, 0.2) is 109 Å². The van der Waals surface area contributed by atoms with Gasteiger partial charge in [0.2, 0.25) is 0 Å². The Bertz CT molecular complexity index is 988. The maximum atomic E-state index is 2.41. The summed E-state index contributed by atoms with van der Waals surface area (Å²) in [6, 6.07) is 40.6. The molecular weight excluding hydrogens is 391 g/mol. The SMILES string of the molecule is CCCCCc1c(C)cccc1[P+](c1ccccc1)(c1ccccc1)c1ccccc1. The predicted octanol–water partition coefficient (Wildman–Crippen LogP) is 6.35. The molecule has 0 saturated carbocycles. The molecule has 0 spiro atoms. The molecule has 0 aromatic heterocycles. The largest absolute Gasteiger partial charge is 0.144 e. The van der Waals surface area contributed by atoms with Crippen molar-refractivity contribution in [2.24, 2.45) is 0 Å². The van der Waals surface area contributed by atoms with Crippen molar-refractivity contribution in [3.8, 4) is 0 Å². The van der Waals surface area contributed by atoms with Gasteiger partial charge in [-0.15, -0.1) is 0 Å². The lowest BCUT2D eigenvalue weighted by molar-refractivity contribution is 0.717. The van der Waals surface area contributed by atoms with Crippen LogP contribution in [0.3, 0.4) is 0 Å². The molecule has 0 aliphatic rings. The summed E-state index contributed by atoms with van der Waals surface area (Å²) in [5, 5.41) is 5.80. The minimum absolute atomic E-state index is 1.14. The molecule has 4 aromatic rings. The quantitative estimate of drug-likeness (QED) is 0.229. The maximum absolute atomic E-state index is 2.41. The van der Waals surface area contributed by atoms with Crippen molar-refractivity contribution in [1.82, 2.24) is 0 Å².